The molecular formula is C26H30F2N7O5PS. The van der Waals surface area contributed by atoms with Crippen molar-refractivity contribution in [3.63, 3.8) is 0 Å². The largest absolute Gasteiger partial charge is 0.379 e. The van der Waals surface area contributed by atoms with E-state index in [1.54, 1.807) is 29.4 Å². The van der Waals surface area contributed by atoms with Gasteiger partial charge in [-0.05, 0) is 51.7 Å². The lowest BCUT2D eigenvalue weighted by Gasteiger charge is -2.28. The molecule has 0 spiro atoms. The van der Waals surface area contributed by atoms with Crippen molar-refractivity contribution in [3.05, 3.63) is 53.6 Å². The molecule has 42 heavy (non-hydrogen) atoms. The molecule has 1 amide bonds. The van der Waals surface area contributed by atoms with Crippen LogP contribution in [0.5, 0.6) is 0 Å². The fourth-order valence-electron chi connectivity index (χ4n) is 4.82. The number of carbonyl (C=O) groups excluding carboxylic acids is 1. The predicted octanol–water partition coefficient (Wildman–Crippen LogP) is 5.67. The summed E-state index contributed by atoms with van der Waals surface area (Å²) in [6.45, 7) is 5.25. The molecule has 2 N–H and O–H groups in total. The van der Waals surface area contributed by atoms with Gasteiger partial charge in [-0.15, -0.1) is 11.3 Å². The highest BCUT2D eigenvalue weighted by atomic mass is 32.1. The Morgan fingerprint density at radius 3 is 2.69 bits per heavy atom. The highest BCUT2D eigenvalue weighted by Crippen LogP contribution is 2.41. The molecule has 2 atom stereocenters. The van der Waals surface area contributed by atoms with Gasteiger partial charge in [0.2, 0.25) is 5.95 Å². The van der Waals surface area contributed by atoms with Gasteiger partial charge < -0.3 is 14.9 Å². The number of nitrogens with one attached hydrogen (secondary N) is 1. The number of rotatable bonds is 10. The summed E-state index contributed by atoms with van der Waals surface area (Å²) >= 11 is 1.19. The number of ether oxygens (including phenoxy) is 1. The van der Waals surface area contributed by atoms with Crippen LogP contribution in [-0.4, -0.2) is 59.7 Å². The molecule has 0 aromatic carbocycles. The van der Waals surface area contributed by atoms with Gasteiger partial charge in [-0.3, -0.25) is 18.6 Å². The van der Waals surface area contributed by atoms with E-state index in [2.05, 4.69) is 25.5 Å². The Morgan fingerprint density at radius 1 is 1.21 bits per heavy atom. The fraction of sp³-hybridized carbons (Fsp3) is 0.423. The predicted molar refractivity (Wildman–Crippen MR) is 151 cm³/mol. The minimum Gasteiger partial charge on any atom is -0.379 e. The van der Waals surface area contributed by atoms with Crippen molar-refractivity contribution in [2.75, 3.05) is 18.6 Å². The van der Waals surface area contributed by atoms with E-state index in [4.69, 9.17) is 9.26 Å². The summed E-state index contributed by atoms with van der Waals surface area (Å²) < 4.78 is 54.2. The van der Waals surface area contributed by atoms with Gasteiger partial charge in [0.1, 0.15) is 22.1 Å². The molecule has 224 valence electrons. The molecular weight excluding hydrogens is 591 g/mol. The van der Waals surface area contributed by atoms with E-state index in [1.165, 1.54) is 22.2 Å². The Labute approximate surface area is 244 Å². The second-order valence-corrected chi connectivity index (χ2v) is 12.6. The fourth-order valence-corrected chi connectivity index (χ4v) is 6.26. The Bertz CT molecular complexity index is 1610. The molecule has 0 bridgehead atoms. The lowest BCUT2D eigenvalue weighted by atomic mass is 9.93. The van der Waals surface area contributed by atoms with Gasteiger partial charge in [-0.2, -0.15) is 14.6 Å². The maximum absolute atomic E-state index is 14.8. The zero-order valence-electron chi connectivity index (χ0n) is 23.1. The van der Waals surface area contributed by atoms with Crippen molar-refractivity contribution in [1.29, 1.82) is 0 Å². The molecule has 1 fully saturated rings. The highest BCUT2D eigenvalue weighted by molar-refractivity contribution is 7.51. The summed E-state index contributed by atoms with van der Waals surface area (Å²) in [5.41, 5.74) is 0.527. The zero-order chi connectivity index (χ0) is 30.0. The Morgan fingerprint density at radius 2 is 1.98 bits per heavy atom. The topological polar surface area (TPSA) is 146 Å². The molecule has 1 saturated carbocycles. The SMILES string of the molecule is CCOC1CCC(n2cc(NC(=O)c3csc(-c4cnn(C(C)OP(C)(=O)O)c4)n3)c(-c3nc(F)ccc3F)n2)CC1. The van der Waals surface area contributed by atoms with E-state index in [0.717, 1.165) is 44.5 Å². The highest BCUT2D eigenvalue weighted by Gasteiger charge is 2.27. The first-order chi connectivity index (χ1) is 20.0. The smallest absolute Gasteiger partial charge is 0.327 e. The normalized spacial score (nSPS) is 19.4. The average Bonchev–Trinajstić information content (AvgIpc) is 3.70. The van der Waals surface area contributed by atoms with Gasteiger partial charge in [0.15, 0.2) is 12.0 Å². The molecule has 12 nitrogen and oxygen atoms in total. The number of amides is 1. The Balaban J connectivity index is 1.37. The van der Waals surface area contributed by atoms with Crippen LogP contribution in [0.3, 0.4) is 0 Å². The molecule has 0 aliphatic heterocycles. The minimum absolute atomic E-state index is 0.00935. The summed E-state index contributed by atoms with van der Waals surface area (Å²) in [5, 5.41) is 13.5. The van der Waals surface area contributed by atoms with Crippen LogP contribution in [0.1, 0.15) is 62.3 Å². The quantitative estimate of drug-likeness (QED) is 0.169. The zero-order valence-corrected chi connectivity index (χ0v) is 24.8. The third-order valence-corrected chi connectivity index (χ3v) is 8.33. The first-order valence-electron chi connectivity index (χ1n) is 13.3. The molecule has 1 aliphatic rings. The number of pyridine rings is 1. The number of carbonyl (C=O) groups is 1. The summed E-state index contributed by atoms with van der Waals surface area (Å²) in [6.07, 6.45) is 7.29. The van der Waals surface area contributed by atoms with Gasteiger partial charge >= 0.3 is 7.60 Å². The molecule has 16 heteroatoms. The van der Waals surface area contributed by atoms with Crippen LogP contribution in [0.2, 0.25) is 0 Å². The molecule has 2 unspecified atom stereocenters. The van der Waals surface area contributed by atoms with E-state index in [1.807, 2.05) is 6.92 Å². The van der Waals surface area contributed by atoms with Gasteiger partial charge in [-0.1, -0.05) is 0 Å². The lowest BCUT2D eigenvalue weighted by molar-refractivity contribution is 0.0260. The van der Waals surface area contributed by atoms with Crippen molar-refractivity contribution < 1.29 is 32.3 Å². The van der Waals surface area contributed by atoms with Crippen molar-refractivity contribution in [1.82, 2.24) is 29.5 Å². The summed E-state index contributed by atoms with van der Waals surface area (Å²) in [6, 6.07) is 1.87. The number of thiazole rings is 1. The van der Waals surface area contributed by atoms with Crippen LogP contribution in [0.15, 0.2) is 36.1 Å². The third kappa shape index (κ3) is 6.98. The van der Waals surface area contributed by atoms with Crippen LogP contribution >= 0.6 is 18.9 Å². The van der Waals surface area contributed by atoms with Crippen LogP contribution < -0.4 is 5.32 Å². The monoisotopic (exact) mass is 621 g/mol. The van der Waals surface area contributed by atoms with Crippen molar-refractivity contribution >= 4 is 30.5 Å². The molecule has 1 aliphatic carbocycles. The number of anilines is 1. The number of halogens is 2. The number of hydrogen-bond acceptors (Lipinski definition) is 9. The average molecular weight is 622 g/mol. The Kier molecular flexibility index (Phi) is 8.94. The van der Waals surface area contributed by atoms with Crippen LogP contribution in [-0.2, 0) is 13.8 Å². The maximum atomic E-state index is 14.8. The lowest BCUT2D eigenvalue weighted by Crippen LogP contribution is -2.24. The van der Waals surface area contributed by atoms with Crippen molar-refractivity contribution in [2.24, 2.45) is 0 Å². The number of hydrogen-bond donors (Lipinski definition) is 2. The molecule has 4 aromatic heterocycles. The van der Waals surface area contributed by atoms with Gasteiger partial charge in [0.25, 0.3) is 5.91 Å². The standard InChI is InChI=1S/C26H30F2N7O5PS/c1-4-39-18-7-5-17(6-8-18)35-13-20(24(33-35)23-19(27)9-10-22(28)32-23)30-25(36)21-14-42-26(31-21)16-11-29-34(12-16)15(2)40-41(3,37)38/h9-15,17-18H,4-8H2,1-3H3,(H,30,36)(H,37,38). The molecule has 4 aromatic rings. The molecule has 5 rings (SSSR count). The Hall–Kier alpha value is -3.36. The van der Waals surface area contributed by atoms with E-state index in [9.17, 15) is 23.0 Å². The van der Waals surface area contributed by atoms with Gasteiger partial charge in [-0.25, -0.2) is 19.0 Å². The molecule has 0 radical (unpaired) electrons. The van der Waals surface area contributed by atoms with Crippen molar-refractivity contribution in [3.8, 4) is 22.0 Å². The molecule has 4 heterocycles. The number of nitrogens with zero attached hydrogens (tertiary/aromatic N) is 6. The minimum atomic E-state index is -3.73. The van der Waals surface area contributed by atoms with Crippen LogP contribution in [0, 0.1) is 11.8 Å². The van der Waals surface area contributed by atoms with Gasteiger partial charge in [0, 0.05) is 36.6 Å². The maximum Gasteiger partial charge on any atom is 0.327 e. The summed E-state index contributed by atoms with van der Waals surface area (Å²) in [7, 11) is -3.73. The number of aromatic nitrogens is 6. The van der Waals surface area contributed by atoms with E-state index in [-0.39, 0.29) is 34.9 Å². The second-order valence-electron chi connectivity index (χ2n) is 9.93. The van der Waals surface area contributed by atoms with Crippen LogP contribution in [0.25, 0.3) is 22.0 Å². The van der Waals surface area contributed by atoms with Crippen molar-refractivity contribution in [2.45, 2.75) is 57.9 Å². The van der Waals surface area contributed by atoms with E-state index < -0.39 is 31.5 Å². The first-order valence-corrected chi connectivity index (χ1v) is 16.2. The van der Waals surface area contributed by atoms with Gasteiger partial charge in [0.05, 0.1) is 24.0 Å². The van der Waals surface area contributed by atoms with E-state index >= 15 is 0 Å². The van der Waals surface area contributed by atoms with E-state index in [0.29, 0.717) is 17.2 Å². The molecule has 0 saturated heterocycles. The third-order valence-electron chi connectivity index (χ3n) is 6.74. The summed E-state index contributed by atoms with van der Waals surface area (Å²) in [4.78, 5) is 30.8. The summed E-state index contributed by atoms with van der Waals surface area (Å²) in [5.74, 6) is -2.23. The first kappa shape index (κ1) is 30.1. The van der Waals surface area contributed by atoms with Crippen LogP contribution in [0.4, 0.5) is 14.5 Å². The second kappa shape index (κ2) is 12.5.